The number of benzene rings is 13. The van der Waals surface area contributed by atoms with Gasteiger partial charge in [-0.3, -0.25) is 0 Å². The van der Waals surface area contributed by atoms with Gasteiger partial charge in [-0.25, -0.2) is 0 Å². The van der Waals surface area contributed by atoms with E-state index in [1.54, 1.807) is 85.3 Å². The zero-order chi connectivity index (χ0) is 88.4. The minimum Gasteiger partial charge on any atom is -0.496 e. The highest BCUT2D eigenvalue weighted by Crippen LogP contribution is 2.52. The van der Waals surface area contributed by atoms with Crippen LogP contribution in [0.4, 0.5) is 0 Å². The normalized spacial score (nSPS) is 11.5. The van der Waals surface area contributed by atoms with Crippen LogP contribution in [0.5, 0.6) is 69.0 Å². The van der Waals surface area contributed by atoms with Gasteiger partial charge in [0.1, 0.15) is 69.0 Å². The summed E-state index contributed by atoms with van der Waals surface area (Å²) in [5.41, 5.74) is 6.24. The number of methoxy groups -OCH3 is 12. The summed E-state index contributed by atoms with van der Waals surface area (Å²) in [7, 11) is 13.3. The Bertz CT molecular complexity index is 4560. The van der Waals surface area contributed by atoms with Crippen molar-refractivity contribution in [2.45, 2.75) is 58.9 Å². The Kier molecular flexibility index (Phi) is 34.6. The Morgan fingerprint density at radius 2 is 0.270 bits per heavy atom. The molecule has 13 rings (SSSR count). The van der Waals surface area contributed by atoms with Gasteiger partial charge >= 0.3 is 0 Å². The topological polar surface area (TPSA) is 138 Å². The number of rotatable bonds is 45. The molecular formula is C105H114O15P6. The van der Waals surface area contributed by atoms with Crippen LogP contribution in [0.1, 0.15) is 33.4 Å². The van der Waals surface area contributed by atoms with Crippen LogP contribution in [-0.4, -0.2) is 141 Å². The Morgan fingerprint density at radius 3 is 0.373 bits per heavy atom. The molecule has 0 aliphatic carbocycles. The lowest BCUT2D eigenvalue weighted by atomic mass is 9.89. The van der Waals surface area contributed by atoms with Gasteiger partial charge in [0.2, 0.25) is 0 Å². The second-order valence-corrected chi connectivity index (χ2v) is 42.9. The fourth-order valence-corrected chi connectivity index (χ4v) is 33.3. The fraction of sp³-hybridized carbons (Fsp3) is 0.257. The molecule has 0 heterocycles. The molecule has 13 aromatic carbocycles. The van der Waals surface area contributed by atoms with Gasteiger partial charge in [0, 0.05) is 101 Å². The predicted molar refractivity (Wildman–Crippen MR) is 529 cm³/mol. The molecule has 0 saturated carbocycles. The maximum Gasteiger partial charge on any atom is 0.126 e. The number of hydrogen-bond donors (Lipinski definition) is 0. The summed E-state index contributed by atoms with van der Waals surface area (Å²) in [5.74, 6) is 9.44. The number of hydrogen-bond acceptors (Lipinski definition) is 15. The molecule has 0 spiro atoms. The monoisotopic (exact) mass is 1800 g/mol. The Morgan fingerprint density at radius 1 is 0.167 bits per heavy atom. The van der Waals surface area contributed by atoms with Gasteiger partial charge in [-0.1, -0.05) is 218 Å². The third-order valence-corrected chi connectivity index (χ3v) is 39.0. The van der Waals surface area contributed by atoms with Crippen LogP contribution in [0.3, 0.4) is 0 Å². The first kappa shape index (κ1) is 93.6. The van der Waals surface area contributed by atoms with Crippen molar-refractivity contribution in [2.75, 3.05) is 122 Å². The van der Waals surface area contributed by atoms with Crippen molar-refractivity contribution in [3.63, 3.8) is 0 Å². The van der Waals surface area contributed by atoms with Crippen molar-refractivity contribution in [3.8, 4) is 69.0 Å². The Balaban J connectivity index is 1.03. The summed E-state index contributed by atoms with van der Waals surface area (Å²) in [5, 5.41) is 12.8. The fourth-order valence-electron chi connectivity index (χ4n) is 16.5. The summed E-state index contributed by atoms with van der Waals surface area (Å²) in [6.07, 6.45) is 2.11. The van der Waals surface area contributed by atoms with Crippen molar-refractivity contribution in [2.24, 2.45) is 0 Å². The third kappa shape index (κ3) is 22.0. The minimum atomic E-state index is -1.29. The van der Waals surface area contributed by atoms with Crippen molar-refractivity contribution in [3.05, 3.63) is 325 Å². The lowest BCUT2D eigenvalue weighted by Gasteiger charge is -2.33. The molecule has 0 saturated heterocycles. The van der Waals surface area contributed by atoms with Crippen molar-refractivity contribution in [1.29, 1.82) is 0 Å². The molecular weight excluding hydrogens is 1690 g/mol. The van der Waals surface area contributed by atoms with E-state index in [-0.39, 0.29) is 19.8 Å². The van der Waals surface area contributed by atoms with Crippen LogP contribution in [0, 0.1) is 20.8 Å². The highest BCUT2D eigenvalue weighted by molar-refractivity contribution is 7.76. The second kappa shape index (κ2) is 46.6. The van der Waals surface area contributed by atoms with Crippen molar-refractivity contribution < 1.29 is 71.1 Å². The first-order valence-corrected chi connectivity index (χ1v) is 51.1. The molecule has 0 atom stereocenters. The van der Waals surface area contributed by atoms with Gasteiger partial charge in [0.05, 0.1) is 123 Å². The highest BCUT2D eigenvalue weighted by atomic mass is 31.1. The zero-order valence-corrected chi connectivity index (χ0v) is 80.0. The summed E-state index contributed by atoms with van der Waals surface area (Å²) in [6.45, 7) is 7.40. The van der Waals surface area contributed by atoms with Gasteiger partial charge in [0.25, 0.3) is 0 Å². The van der Waals surface area contributed by atoms with E-state index in [1.165, 1.54) is 0 Å². The number of para-hydroxylation sites is 12. The predicted octanol–water partition coefficient (Wildman–Crippen LogP) is 18.2. The smallest absolute Gasteiger partial charge is 0.126 e. The maximum absolute atomic E-state index is 8.11. The van der Waals surface area contributed by atoms with Gasteiger partial charge in [-0.2, -0.15) is 0 Å². The summed E-state index contributed by atoms with van der Waals surface area (Å²) in [4.78, 5) is 0. The molecule has 0 radical (unpaired) electrons. The molecule has 0 aliphatic rings. The summed E-state index contributed by atoms with van der Waals surface area (Å²) < 4.78 is 101. The Hall–Kier alpha value is -10.1. The van der Waals surface area contributed by atoms with Crippen molar-refractivity contribution in [1.82, 2.24) is 0 Å². The van der Waals surface area contributed by atoms with E-state index in [2.05, 4.69) is 239 Å². The molecule has 21 heteroatoms. The van der Waals surface area contributed by atoms with Crippen LogP contribution >= 0.6 is 47.5 Å². The van der Waals surface area contributed by atoms with E-state index in [0.29, 0.717) is 37.0 Å². The van der Waals surface area contributed by atoms with Crippen LogP contribution in [0.15, 0.2) is 291 Å². The first-order chi connectivity index (χ1) is 61.8. The summed E-state index contributed by atoms with van der Waals surface area (Å²) in [6, 6.07) is 101. The number of ether oxygens (including phenoxy) is 15. The lowest BCUT2D eigenvalue weighted by molar-refractivity contribution is 0.0630. The first-order valence-electron chi connectivity index (χ1n) is 41.9. The van der Waals surface area contributed by atoms with Gasteiger partial charge < -0.3 is 71.1 Å². The molecule has 126 heavy (non-hydrogen) atoms. The minimum absolute atomic E-state index is 0.205. The zero-order valence-electron chi connectivity index (χ0n) is 74.6. The molecule has 0 aromatic heterocycles. The van der Waals surface area contributed by atoms with Gasteiger partial charge in [-0.15, -0.1) is 0 Å². The molecule has 654 valence electrons. The highest BCUT2D eigenvalue weighted by Gasteiger charge is 2.37. The SMILES string of the molecule is COc1ccccc1P(CC(CP(c1ccccc1OC)c1ccccc1OC)OCc1c(C)c(COC(CP(c2ccccc2OC)c2ccccc2OC)CP(c2ccccc2OC)c2ccccc2OC)c(C)c(COC(CP(c2ccccc2OC)c2ccccc2OC)CP(c2ccccc2OC)c2ccccc2OC)c1C)c1ccccc1OC. The summed E-state index contributed by atoms with van der Waals surface area (Å²) >= 11 is 0. The molecule has 0 bridgehead atoms. The lowest BCUT2D eigenvalue weighted by Crippen LogP contribution is -2.32. The van der Waals surface area contributed by atoms with Crippen LogP contribution < -0.4 is 120 Å². The average Bonchev–Trinajstić information content (AvgIpc) is 0.776. The van der Waals surface area contributed by atoms with Gasteiger partial charge in [0.15, 0.2) is 0 Å². The van der Waals surface area contributed by atoms with E-state index in [1.807, 2.05) is 72.8 Å². The molecule has 0 N–H and O–H groups in total. The maximum atomic E-state index is 8.11. The molecule has 13 aromatic rings. The van der Waals surface area contributed by atoms with E-state index >= 15 is 0 Å². The standard InChI is InChI=1S/C105H114O15P6/c1-73-79(64-118-76(67-121(94-52-28-16-40-82(94)106-4)95-53-29-17-41-83(95)107-5)68-122(96-54-30-18-42-84(96)108-6)97-55-31-19-43-85(97)109-7)74(2)81(66-120-78(71-125(102-60-36-24-48-90(102)114-12)103-61-37-25-49-91(103)115-13)72-126(104-62-38-26-50-92(104)116-14)105-63-39-27-51-93(105)117-15)75(3)80(73)65-119-77(69-123(98-56-32-20-44-86(98)110-8)99-57-33-21-45-87(99)111-9)70-124(100-58-34-22-46-88(100)112-10)101-59-35-23-47-89(101)113-11/h16-63,76-78H,64-72H2,1-15H3. The molecule has 0 unspecified atom stereocenters. The van der Waals surface area contributed by atoms with E-state index in [9.17, 15) is 0 Å². The van der Waals surface area contributed by atoms with Crippen LogP contribution in [0.25, 0.3) is 0 Å². The molecule has 15 nitrogen and oxygen atoms in total. The van der Waals surface area contributed by atoms with Gasteiger partial charge in [-0.05, 0) is 174 Å². The average molecular weight is 1800 g/mol. The second-order valence-electron chi connectivity index (χ2n) is 29.8. The molecule has 0 aliphatic heterocycles. The van der Waals surface area contributed by atoms with E-state index < -0.39 is 65.8 Å². The van der Waals surface area contributed by atoms with Crippen LogP contribution in [0.2, 0.25) is 0 Å². The van der Waals surface area contributed by atoms with E-state index in [4.69, 9.17) is 71.1 Å². The quantitative estimate of drug-likeness (QED) is 0.0334. The largest absolute Gasteiger partial charge is 0.496 e. The molecule has 0 fully saturated rings. The Labute approximate surface area is 752 Å². The van der Waals surface area contributed by atoms with Crippen molar-refractivity contribution >= 4 is 111 Å². The molecule has 0 amide bonds. The van der Waals surface area contributed by atoms with E-state index in [0.717, 1.165) is 166 Å². The third-order valence-electron chi connectivity index (χ3n) is 22.9. The van der Waals surface area contributed by atoms with Crippen LogP contribution in [-0.2, 0) is 34.0 Å².